The van der Waals surface area contributed by atoms with Gasteiger partial charge in [-0.25, -0.2) is 0 Å². The highest BCUT2D eigenvalue weighted by Crippen LogP contribution is 2.24. The van der Waals surface area contributed by atoms with Gasteiger partial charge in [-0.2, -0.15) is 0 Å². The highest BCUT2D eigenvalue weighted by molar-refractivity contribution is 6.42. The van der Waals surface area contributed by atoms with Gasteiger partial charge in [0.15, 0.2) is 6.61 Å². The van der Waals surface area contributed by atoms with E-state index in [0.29, 0.717) is 15.8 Å². The standard InChI is InChI=1S/C25H30Cl2N2O3/c1-17-7-6-10-21(13-17)32-16-24(30)29(15-19-11-12-22(26)23(27)14-19)18(2)25(31)28-20-8-4-3-5-9-20/h6-7,10-14,18,20H,3-5,8-9,15-16H2,1-2H3,(H,28,31)/t18-/m1/s1. The van der Waals surface area contributed by atoms with Crippen LogP contribution in [0, 0.1) is 6.92 Å². The molecule has 0 radical (unpaired) electrons. The van der Waals surface area contributed by atoms with Crippen molar-refractivity contribution < 1.29 is 14.3 Å². The van der Waals surface area contributed by atoms with Crippen molar-refractivity contribution in [1.29, 1.82) is 0 Å². The van der Waals surface area contributed by atoms with E-state index >= 15 is 0 Å². The summed E-state index contributed by atoms with van der Waals surface area (Å²) < 4.78 is 5.72. The molecule has 1 saturated carbocycles. The highest BCUT2D eigenvalue weighted by Gasteiger charge is 2.28. The zero-order chi connectivity index (χ0) is 23.1. The Morgan fingerprint density at radius 3 is 2.53 bits per heavy atom. The van der Waals surface area contributed by atoms with Crippen LogP contribution in [0.15, 0.2) is 42.5 Å². The topological polar surface area (TPSA) is 58.6 Å². The minimum atomic E-state index is -0.653. The summed E-state index contributed by atoms with van der Waals surface area (Å²) in [5, 5.41) is 3.97. The maximum atomic E-state index is 13.2. The highest BCUT2D eigenvalue weighted by atomic mass is 35.5. The Kier molecular flexibility index (Phi) is 8.83. The predicted molar refractivity (Wildman–Crippen MR) is 128 cm³/mol. The molecular formula is C25H30Cl2N2O3. The van der Waals surface area contributed by atoms with Gasteiger partial charge >= 0.3 is 0 Å². The van der Waals surface area contributed by atoms with Crippen molar-refractivity contribution in [1.82, 2.24) is 10.2 Å². The van der Waals surface area contributed by atoms with Crippen LogP contribution < -0.4 is 10.1 Å². The molecule has 5 nitrogen and oxygen atoms in total. The number of nitrogens with one attached hydrogen (secondary N) is 1. The molecule has 32 heavy (non-hydrogen) atoms. The van der Waals surface area contributed by atoms with Crippen LogP contribution in [0.2, 0.25) is 10.0 Å². The smallest absolute Gasteiger partial charge is 0.261 e. The number of nitrogens with zero attached hydrogens (tertiary/aromatic N) is 1. The van der Waals surface area contributed by atoms with Crippen LogP contribution in [-0.4, -0.2) is 35.4 Å². The number of ether oxygens (including phenoxy) is 1. The Balaban J connectivity index is 1.73. The minimum Gasteiger partial charge on any atom is -0.484 e. The number of carbonyl (C=O) groups is 2. The van der Waals surface area contributed by atoms with Crippen molar-refractivity contribution in [3.63, 3.8) is 0 Å². The van der Waals surface area contributed by atoms with E-state index in [1.54, 1.807) is 19.1 Å². The van der Waals surface area contributed by atoms with Gasteiger partial charge in [-0.15, -0.1) is 0 Å². The van der Waals surface area contributed by atoms with Crippen molar-refractivity contribution in [3.8, 4) is 5.75 Å². The van der Waals surface area contributed by atoms with Crippen molar-refractivity contribution in [2.75, 3.05) is 6.61 Å². The van der Waals surface area contributed by atoms with Crippen molar-refractivity contribution in [3.05, 3.63) is 63.6 Å². The van der Waals surface area contributed by atoms with Gasteiger partial charge in [-0.05, 0) is 62.1 Å². The summed E-state index contributed by atoms with van der Waals surface area (Å²) in [6, 6.07) is 12.3. The van der Waals surface area contributed by atoms with Crippen LogP contribution in [-0.2, 0) is 16.1 Å². The van der Waals surface area contributed by atoms with E-state index in [4.69, 9.17) is 27.9 Å². The average Bonchev–Trinajstić information content (AvgIpc) is 2.78. The summed E-state index contributed by atoms with van der Waals surface area (Å²) in [7, 11) is 0. The molecule has 7 heteroatoms. The molecule has 2 aromatic rings. The van der Waals surface area contributed by atoms with Gasteiger partial charge in [0.2, 0.25) is 5.91 Å². The molecule has 1 N–H and O–H groups in total. The number of amides is 2. The number of hydrogen-bond donors (Lipinski definition) is 1. The second-order valence-corrected chi connectivity index (χ2v) is 9.21. The maximum absolute atomic E-state index is 13.2. The van der Waals surface area contributed by atoms with E-state index in [-0.39, 0.29) is 31.0 Å². The van der Waals surface area contributed by atoms with E-state index in [0.717, 1.165) is 36.8 Å². The largest absolute Gasteiger partial charge is 0.484 e. The van der Waals surface area contributed by atoms with Gasteiger partial charge in [0.25, 0.3) is 5.91 Å². The van der Waals surface area contributed by atoms with Crippen molar-refractivity contribution in [2.45, 2.75) is 64.6 Å². The molecule has 0 aromatic heterocycles. The lowest BCUT2D eigenvalue weighted by Crippen LogP contribution is -2.51. The lowest BCUT2D eigenvalue weighted by molar-refractivity contribution is -0.142. The molecule has 2 aromatic carbocycles. The Morgan fingerprint density at radius 2 is 1.84 bits per heavy atom. The third-order valence-electron chi connectivity index (χ3n) is 5.81. The van der Waals surface area contributed by atoms with Gasteiger partial charge < -0.3 is 15.0 Å². The molecule has 1 fully saturated rings. The molecule has 0 heterocycles. The summed E-state index contributed by atoms with van der Waals surface area (Å²) in [4.78, 5) is 27.7. The zero-order valence-corrected chi connectivity index (χ0v) is 20.1. The third-order valence-corrected chi connectivity index (χ3v) is 6.55. The normalized spacial score (nSPS) is 15.1. The maximum Gasteiger partial charge on any atom is 0.261 e. The summed E-state index contributed by atoms with van der Waals surface area (Å²) in [5.41, 5.74) is 1.84. The molecule has 0 spiro atoms. The Hall–Kier alpha value is -2.24. The van der Waals surface area contributed by atoms with Crippen LogP contribution >= 0.6 is 23.2 Å². The average molecular weight is 477 g/mol. The van der Waals surface area contributed by atoms with Gasteiger partial charge in [-0.1, -0.05) is 60.7 Å². The molecule has 0 saturated heterocycles. The minimum absolute atomic E-state index is 0.152. The van der Waals surface area contributed by atoms with Crippen LogP contribution in [0.1, 0.15) is 50.2 Å². The molecule has 172 valence electrons. The van der Waals surface area contributed by atoms with E-state index in [1.807, 2.05) is 37.3 Å². The van der Waals surface area contributed by atoms with Gasteiger partial charge in [0.05, 0.1) is 10.0 Å². The Labute approximate surface area is 200 Å². The number of halogens is 2. The first kappa shape index (κ1) is 24.4. The van der Waals surface area contributed by atoms with Gasteiger partial charge in [0.1, 0.15) is 11.8 Å². The number of benzene rings is 2. The van der Waals surface area contributed by atoms with E-state index < -0.39 is 6.04 Å². The van der Waals surface area contributed by atoms with Crippen molar-refractivity contribution in [2.24, 2.45) is 0 Å². The second-order valence-electron chi connectivity index (χ2n) is 8.39. The predicted octanol–water partition coefficient (Wildman–Crippen LogP) is 5.55. The summed E-state index contributed by atoms with van der Waals surface area (Å²) >= 11 is 12.2. The van der Waals surface area contributed by atoms with E-state index in [1.165, 1.54) is 11.3 Å². The monoisotopic (exact) mass is 476 g/mol. The zero-order valence-electron chi connectivity index (χ0n) is 18.6. The third kappa shape index (κ3) is 6.88. The van der Waals surface area contributed by atoms with Crippen LogP contribution in [0.5, 0.6) is 5.75 Å². The Bertz CT molecular complexity index is 945. The van der Waals surface area contributed by atoms with Crippen molar-refractivity contribution >= 4 is 35.0 Å². The number of hydrogen-bond acceptors (Lipinski definition) is 3. The number of carbonyl (C=O) groups excluding carboxylic acids is 2. The van der Waals surface area contributed by atoms with Gasteiger partial charge in [0, 0.05) is 12.6 Å². The Morgan fingerprint density at radius 1 is 1.09 bits per heavy atom. The molecule has 0 bridgehead atoms. The second kappa shape index (κ2) is 11.6. The molecule has 2 amide bonds. The summed E-state index contributed by atoms with van der Waals surface area (Å²) in [6.45, 7) is 3.78. The fourth-order valence-electron chi connectivity index (χ4n) is 3.92. The first-order valence-corrected chi connectivity index (χ1v) is 11.8. The summed E-state index contributed by atoms with van der Waals surface area (Å²) in [6.07, 6.45) is 5.41. The number of rotatable bonds is 8. The molecule has 1 aliphatic carbocycles. The SMILES string of the molecule is Cc1cccc(OCC(=O)N(Cc2ccc(Cl)c(Cl)c2)[C@H](C)C(=O)NC2CCCCC2)c1. The molecule has 1 atom stereocenters. The quantitative estimate of drug-likeness (QED) is 0.543. The lowest BCUT2D eigenvalue weighted by Gasteiger charge is -2.31. The molecule has 0 unspecified atom stereocenters. The summed E-state index contributed by atoms with van der Waals surface area (Å²) in [5.74, 6) is 0.192. The number of aryl methyl sites for hydroxylation is 1. The van der Waals surface area contributed by atoms with Gasteiger partial charge in [-0.3, -0.25) is 9.59 Å². The van der Waals surface area contributed by atoms with Crippen LogP contribution in [0.3, 0.4) is 0 Å². The molecular weight excluding hydrogens is 447 g/mol. The van der Waals surface area contributed by atoms with Crippen LogP contribution in [0.4, 0.5) is 0 Å². The molecule has 0 aliphatic heterocycles. The first-order chi connectivity index (χ1) is 15.3. The fourth-order valence-corrected chi connectivity index (χ4v) is 4.24. The van der Waals surface area contributed by atoms with Crippen LogP contribution in [0.25, 0.3) is 0 Å². The molecule has 3 rings (SSSR count). The first-order valence-electron chi connectivity index (χ1n) is 11.1. The van der Waals surface area contributed by atoms with E-state index in [9.17, 15) is 9.59 Å². The molecule has 1 aliphatic rings. The fraction of sp³-hybridized carbons (Fsp3) is 0.440. The lowest BCUT2D eigenvalue weighted by atomic mass is 9.95. The van der Waals surface area contributed by atoms with E-state index in [2.05, 4.69) is 5.32 Å².